The van der Waals surface area contributed by atoms with Gasteiger partial charge in [0.25, 0.3) is 5.91 Å². The number of amides is 1. The molecule has 0 aliphatic carbocycles. The number of fused-ring (bicyclic) bond motifs is 1. The number of nitrogens with zero attached hydrogens (tertiary/aromatic N) is 1. The minimum atomic E-state index is -0.535. The molecule has 4 heteroatoms. The van der Waals surface area contributed by atoms with Crippen LogP contribution in [0.5, 0.6) is 0 Å². The zero-order valence-corrected chi connectivity index (χ0v) is 6.81. The number of hydrogen-bond donors (Lipinski definition) is 0. The maximum absolute atomic E-state index is 12.9. The number of carbonyl (C=O) groups is 1. The normalized spacial score (nSPS) is 15.2. The number of carbonyl (C=O) groups excluding carboxylic acids is 1. The van der Waals surface area contributed by atoms with E-state index >= 15 is 0 Å². The first-order valence-corrected chi connectivity index (χ1v) is 3.83. The number of hydrogen-bond acceptors (Lipinski definition) is 1. The summed E-state index contributed by atoms with van der Waals surface area (Å²) in [6.45, 7) is 0. The fourth-order valence-corrected chi connectivity index (χ4v) is 1.40. The van der Waals surface area contributed by atoms with E-state index < -0.39 is 5.91 Å². The van der Waals surface area contributed by atoms with Crippen LogP contribution >= 0.6 is 11.6 Å². The molecular formula is C8H5ClFNO. The van der Waals surface area contributed by atoms with Crippen LogP contribution in [0.25, 0.3) is 0 Å². The van der Waals surface area contributed by atoms with Crippen LogP contribution in [0.4, 0.5) is 10.2 Å². The highest BCUT2D eigenvalue weighted by molar-refractivity contribution is 6.31. The van der Waals surface area contributed by atoms with E-state index in [1.165, 1.54) is 6.07 Å². The smallest absolute Gasteiger partial charge is 0.259 e. The lowest BCUT2D eigenvalue weighted by molar-refractivity contribution is -0.119. The van der Waals surface area contributed by atoms with Crippen LogP contribution < -0.4 is 5.12 Å². The third-order valence-corrected chi connectivity index (χ3v) is 2.05. The molecule has 0 unspecified atom stereocenters. The van der Waals surface area contributed by atoms with Crippen LogP contribution in [0.1, 0.15) is 5.56 Å². The predicted molar refractivity (Wildman–Crippen MR) is 43.8 cm³/mol. The second kappa shape index (κ2) is 2.45. The molecule has 1 aliphatic heterocycles. The Kier molecular flexibility index (Phi) is 1.54. The van der Waals surface area contributed by atoms with Gasteiger partial charge in [0.15, 0.2) is 0 Å². The fraction of sp³-hybridized carbons (Fsp3) is 0.125. The second-order valence-corrected chi connectivity index (χ2v) is 3.06. The SMILES string of the molecule is O=C1Cc2ccc(Cl)cc2N1F. The first-order chi connectivity index (χ1) is 5.68. The summed E-state index contributed by atoms with van der Waals surface area (Å²) in [4.78, 5) is 10.9. The molecule has 2 nitrogen and oxygen atoms in total. The zero-order valence-electron chi connectivity index (χ0n) is 6.05. The number of benzene rings is 1. The van der Waals surface area contributed by atoms with Crippen molar-refractivity contribution in [2.75, 3.05) is 5.12 Å². The Bertz CT molecular complexity index is 353. The summed E-state index contributed by atoms with van der Waals surface area (Å²) < 4.78 is 12.9. The third-order valence-electron chi connectivity index (χ3n) is 1.82. The number of anilines is 1. The topological polar surface area (TPSA) is 20.3 Å². The van der Waals surface area contributed by atoms with Crippen molar-refractivity contribution in [1.29, 1.82) is 0 Å². The van der Waals surface area contributed by atoms with Crippen LogP contribution in [0.2, 0.25) is 5.02 Å². The van der Waals surface area contributed by atoms with Crippen molar-refractivity contribution < 1.29 is 9.28 Å². The molecule has 0 spiro atoms. The summed E-state index contributed by atoms with van der Waals surface area (Å²) in [5.41, 5.74) is 0.958. The van der Waals surface area contributed by atoms with Gasteiger partial charge in [-0.15, -0.1) is 5.12 Å². The van der Waals surface area contributed by atoms with E-state index in [-0.39, 0.29) is 17.2 Å². The molecule has 0 atom stereocenters. The molecule has 1 aromatic rings. The van der Waals surface area contributed by atoms with Crippen LogP contribution in [0.15, 0.2) is 18.2 Å². The van der Waals surface area contributed by atoms with Crippen molar-refractivity contribution in [2.45, 2.75) is 6.42 Å². The van der Waals surface area contributed by atoms with E-state index in [9.17, 15) is 9.28 Å². The minimum absolute atomic E-state index is 0.128. The highest BCUT2D eigenvalue weighted by Gasteiger charge is 2.27. The van der Waals surface area contributed by atoms with Crippen LogP contribution in [-0.4, -0.2) is 5.91 Å². The molecule has 1 amide bonds. The number of halogens is 2. The van der Waals surface area contributed by atoms with E-state index in [1.54, 1.807) is 12.1 Å². The van der Waals surface area contributed by atoms with Crippen LogP contribution in [-0.2, 0) is 11.2 Å². The monoisotopic (exact) mass is 185 g/mol. The standard InChI is InChI=1S/C8H5ClFNO/c9-6-2-1-5-3-8(12)11(10)7(5)4-6/h1-2,4H,3H2. The van der Waals surface area contributed by atoms with E-state index in [0.29, 0.717) is 10.6 Å². The van der Waals surface area contributed by atoms with Gasteiger partial charge in [-0.1, -0.05) is 22.1 Å². The lowest BCUT2D eigenvalue weighted by atomic mass is 10.2. The molecular weight excluding hydrogens is 181 g/mol. The Balaban J connectivity index is 2.55. The molecule has 1 aromatic carbocycles. The van der Waals surface area contributed by atoms with E-state index in [0.717, 1.165) is 0 Å². The van der Waals surface area contributed by atoms with Gasteiger partial charge >= 0.3 is 0 Å². The molecule has 62 valence electrons. The van der Waals surface area contributed by atoms with Gasteiger partial charge in [-0.2, -0.15) is 0 Å². The second-order valence-electron chi connectivity index (χ2n) is 2.62. The van der Waals surface area contributed by atoms with Gasteiger partial charge in [-0.05, 0) is 17.7 Å². The summed E-state index contributed by atoms with van der Waals surface area (Å²) in [6, 6.07) is 4.75. The Hall–Kier alpha value is -1.09. The summed E-state index contributed by atoms with van der Waals surface area (Å²) in [5, 5.41) is 0.576. The molecule has 0 aromatic heterocycles. The van der Waals surface area contributed by atoms with Crippen LogP contribution in [0.3, 0.4) is 0 Å². The molecule has 1 aliphatic rings. The maximum atomic E-state index is 12.9. The van der Waals surface area contributed by atoms with Gasteiger partial charge in [0.2, 0.25) is 0 Å². The maximum Gasteiger partial charge on any atom is 0.259 e. The van der Waals surface area contributed by atoms with Crippen molar-refractivity contribution in [1.82, 2.24) is 0 Å². The van der Waals surface area contributed by atoms with Crippen molar-refractivity contribution in [3.8, 4) is 0 Å². The quantitative estimate of drug-likeness (QED) is 0.567. The highest BCUT2D eigenvalue weighted by Crippen LogP contribution is 2.31. The van der Waals surface area contributed by atoms with Crippen molar-refractivity contribution in [2.24, 2.45) is 0 Å². The molecule has 0 saturated carbocycles. The van der Waals surface area contributed by atoms with Gasteiger partial charge in [0.05, 0.1) is 12.1 Å². The summed E-state index contributed by atoms with van der Waals surface area (Å²) >= 11 is 5.63. The lowest BCUT2D eigenvalue weighted by Gasteiger charge is -2.03. The average Bonchev–Trinajstić information content (AvgIpc) is 2.31. The van der Waals surface area contributed by atoms with E-state index in [1.807, 2.05) is 0 Å². The average molecular weight is 186 g/mol. The first kappa shape index (κ1) is 7.55. The van der Waals surface area contributed by atoms with Gasteiger partial charge in [0, 0.05) is 5.02 Å². The summed E-state index contributed by atoms with van der Waals surface area (Å²) in [7, 11) is 0. The van der Waals surface area contributed by atoms with Gasteiger partial charge in [0.1, 0.15) is 0 Å². The zero-order chi connectivity index (χ0) is 8.72. The highest BCUT2D eigenvalue weighted by atomic mass is 35.5. The fourth-order valence-electron chi connectivity index (χ4n) is 1.24. The lowest BCUT2D eigenvalue weighted by Crippen LogP contribution is -2.15. The molecule has 0 N–H and O–H groups in total. The summed E-state index contributed by atoms with van der Waals surface area (Å²) in [6.07, 6.45) is 0.128. The van der Waals surface area contributed by atoms with Crippen molar-refractivity contribution in [3.63, 3.8) is 0 Å². The predicted octanol–water partition coefficient (Wildman–Crippen LogP) is 2.11. The third kappa shape index (κ3) is 0.975. The van der Waals surface area contributed by atoms with Crippen molar-refractivity contribution >= 4 is 23.2 Å². The Morgan fingerprint density at radius 2 is 2.25 bits per heavy atom. The van der Waals surface area contributed by atoms with Gasteiger partial charge in [-0.25, -0.2) is 0 Å². The molecule has 12 heavy (non-hydrogen) atoms. The molecule has 0 radical (unpaired) electrons. The first-order valence-electron chi connectivity index (χ1n) is 3.45. The van der Waals surface area contributed by atoms with Crippen molar-refractivity contribution in [3.05, 3.63) is 28.8 Å². The van der Waals surface area contributed by atoms with E-state index in [4.69, 9.17) is 11.6 Å². The molecule has 0 fully saturated rings. The Labute approximate surface area is 73.5 Å². The molecule has 0 bridgehead atoms. The van der Waals surface area contributed by atoms with E-state index in [2.05, 4.69) is 0 Å². The molecule has 2 rings (SSSR count). The van der Waals surface area contributed by atoms with Gasteiger partial charge < -0.3 is 0 Å². The Morgan fingerprint density at radius 1 is 1.50 bits per heavy atom. The molecule has 0 saturated heterocycles. The van der Waals surface area contributed by atoms with Crippen LogP contribution in [0, 0.1) is 0 Å². The number of rotatable bonds is 0. The largest absolute Gasteiger partial charge is 0.272 e. The molecule has 1 heterocycles. The Morgan fingerprint density at radius 3 is 3.00 bits per heavy atom. The minimum Gasteiger partial charge on any atom is -0.272 e. The van der Waals surface area contributed by atoms with Gasteiger partial charge in [-0.3, -0.25) is 4.79 Å². The summed E-state index contributed by atoms with van der Waals surface area (Å²) in [5.74, 6) is -0.535.